The molecule has 0 bridgehead atoms. The van der Waals surface area contributed by atoms with E-state index in [1.165, 1.54) is 36.4 Å². The minimum absolute atomic E-state index is 0.0176. The highest BCUT2D eigenvalue weighted by molar-refractivity contribution is 7.21. The summed E-state index contributed by atoms with van der Waals surface area (Å²) in [5, 5.41) is 2.68. The van der Waals surface area contributed by atoms with Gasteiger partial charge in [-0.1, -0.05) is 18.2 Å². The number of alkyl halides is 2. The van der Waals surface area contributed by atoms with Crippen LogP contribution in [0.4, 0.5) is 18.9 Å². The van der Waals surface area contributed by atoms with Crippen LogP contribution in [0.15, 0.2) is 42.5 Å². The van der Waals surface area contributed by atoms with E-state index in [0.29, 0.717) is 15.6 Å². The molecule has 0 saturated carbocycles. The van der Waals surface area contributed by atoms with Gasteiger partial charge >= 0.3 is 12.6 Å². The Morgan fingerprint density at radius 3 is 2.61 bits per heavy atom. The van der Waals surface area contributed by atoms with Gasteiger partial charge in [0.25, 0.3) is 5.91 Å². The maximum Gasteiger partial charge on any atom is 0.387 e. The fraction of sp³-hybridized carbons (Fsp3) is 0.158. The smallest absolute Gasteiger partial charge is 0.387 e. The molecule has 0 aliphatic heterocycles. The first-order chi connectivity index (χ1) is 13.4. The van der Waals surface area contributed by atoms with Gasteiger partial charge in [-0.05, 0) is 36.8 Å². The molecule has 0 aliphatic rings. The lowest BCUT2D eigenvalue weighted by Crippen LogP contribution is -2.21. The highest BCUT2D eigenvalue weighted by Crippen LogP contribution is 2.33. The SMILES string of the molecule is Cc1c(C(=O)OCC(=O)Nc2ccccc2OC(F)F)sc2cccc(F)c12. The van der Waals surface area contributed by atoms with Crippen molar-refractivity contribution in [3.63, 3.8) is 0 Å². The number of carbonyl (C=O) groups is 2. The van der Waals surface area contributed by atoms with Crippen molar-refractivity contribution in [3.8, 4) is 5.75 Å². The van der Waals surface area contributed by atoms with Crippen molar-refractivity contribution in [3.05, 3.63) is 58.7 Å². The zero-order chi connectivity index (χ0) is 20.3. The number of aryl methyl sites for hydroxylation is 1. The Balaban J connectivity index is 1.66. The van der Waals surface area contributed by atoms with Gasteiger partial charge in [0.15, 0.2) is 6.61 Å². The molecular weight excluding hydrogens is 395 g/mol. The monoisotopic (exact) mass is 409 g/mol. The minimum Gasteiger partial charge on any atom is -0.451 e. The Hall–Kier alpha value is -3.07. The lowest BCUT2D eigenvalue weighted by molar-refractivity contribution is -0.119. The highest BCUT2D eigenvalue weighted by Gasteiger charge is 2.20. The number of amides is 1. The summed E-state index contributed by atoms with van der Waals surface area (Å²) in [6.07, 6.45) is 0. The Bertz CT molecular complexity index is 1040. The predicted octanol–water partition coefficient (Wildman–Crippen LogP) is 4.75. The largest absolute Gasteiger partial charge is 0.451 e. The van der Waals surface area contributed by atoms with E-state index in [2.05, 4.69) is 10.1 Å². The molecule has 1 aromatic heterocycles. The van der Waals surface area contributed by atoms with E-state index < -0.39 is 30.9 Å². The van der Waals surface area contributed by atoms with Crippen molar-refractivity contribution in [2.45, 2.75) is 13.5 Å². The number of nitrogens with one attached hydrogen (secondary N) is 1. The number of para-hydroxylation sites is 2. The number of anilines is 1. The van der Waals surface area contributed by atoms with Gasteiger partial charge in [0, 0.05) is 10.1 Å². The van der Waals surface area contributed by atoms with Gasteiger partial charge in [-0.25, -0.2) is 9.18 Å². The number of carbonyl (C=O) groups excluding carboxylic acids is 2. The van der Waals surface area contributed by atoms with Crippen molar-refractivity contribution in [2.24, 2.45) is 0 Å². The first-order valence-corrected chi connectivity index (χ1v) is 8.87. The van der Waals surface area contributed by atoms with E-state index in [0.717, 1.165) is 11.3 Å². The third kappa shape index (κ3) is 4.25. The molecule has 0 atom stereocenters. The molecule has 3 rings (SSSR count). The van der Waals surface area contributed by atoms with Crippen LogP contribution < -0.4 is 10.1 Å². The zero-order valence-electron chi connectivity index (χ0n) is 14.5. The molecule has 28 heavy (non-hydrogen) atoms. The normalized spacial score (nSPS) is 10.9. The Morgan fingerprint density at radius 2 is 1.89 bits per heavy atom. The second-order valence-corrected chi connectivity index (χ2v) is 6.72. The molecule has 1 heterocycles. The number of ether oxygens (including phenoxy) is 2. The summed E-state index contributed by atoms with van der Waals surface area (Å²) < 4.78 is 48.6. The molecule has 1 N–H and O–H groups in total. The molecule has 3 aromatic rings. The Labute approximate surface area is 161 Å². The molecule has 2 aromatic carbocycles. The lowest BCUT2D eigenvalue weighted by atomic mass is 10.1. The average Bonchev–Trinajstić information content (AvgIpc) is 2.99. The third-order valence-corrected chi connectivity index (χ3v) is 5.04. The summed E-state index contributed by atoms with van der Waals surface area (Å²) in [5.41, 5.74) is 0.447. The lowest BCUT2D eigenvalue weighted by Gasteiger charge is -2.11. The van der Waals surface area contributed by atoms with E-state index in [-0.39, 0.29) is 16.3 Å². The number of esters is 1. The van der Waals surface area contributed by atoms with Crippen LogP contribution in [0.1, 0.15) is 15.2 Å². The maximum absolute atomic E-state index is 13.9. The van der Waals surface area contributed by atoms with Crippen LogP contribution >= 0.6 is 11.3 Å². The van der Waals surface area contributed by atoms with Crippen LogP contribution in [0.25, 0.3) is 10.1 Å². The van der Waals surface area contributed by atoms with Crippen molar-refractivity contribution < 1.29 is 32.2 Å². The van der Waals surface area contributed by atoms with Gasteiger partial charge in [0.05, 0.1) is 5.69 Å². The molecule has 5 nitrogen and oxygen atoms in total. The number of fused-ring (bicyclic) bond motifs is 1. The number of rotatable bonds is 6. The van der Waals surface area contributed by atoms with Gasteiger partial charge in [-0.3, -0.25) is 4.79 Å². The van der Waals surface area contributed by atoms with E-state index in [9.17, 15) is 22.8 Å². The van der Waals surface area contributed by atoms with Gasteiger partial charge in [-0.15, -0.1) is 11.3 Å². The number of hydrogen-bond acceptors (Lipinski definition) is 5. The van der Waals surface area contributed by atoms with Gasteiger partial charge in [-0.2, -0.15) is 8.78 Å². The average molecular weight is 409 g/mol. The van der Waals surface area contributed by atoms with E-state index in [1.54, 1.807) is 13.0 Å². The topological polar surface area (TPSA) is 64.6 Å². The molecule has 0 radical (unpaired) electrons. The summed E-state index contributed by atoms with van der Waals surface area (Å²) in [6.45, 7) is -2.10. The first kappa shape index (κ1) is 19.7. The summed E-state index contributed by atoms with van der Waals surface area (Å²) >= 11 is 1.06. The number of hydrogen-bond donors (Lipinski definition) is 1. The quantitative estimate of drug-likeness (QED) is 0.597. The molecule has 146 valence electrons. The van der Waals surface area contributed by atoms with Crippen molar-refractivity contribution in [2.75, 3.05) is 11.9 Å². The van der Waals surface area contributed by atoms with Crippen molar-refractivity contribution >= 4 is 39.0 Å². The van der Waals surface area contributed by atoms with Crippen LogP contribution in [0.2, 0.25) is 0 Å². The van der Waals surface area contributed by atoms with Crippen molar-refractivity contribution in [1.29, 1.82) is 0 Å². The van der Waals surface area contributed by atoms with E-state index in [4.69, 9.17) is 4.74 Å². The first-order valence-electron chi connectivity index (χ1n) is 8.05. The van der Waals surface area contributed by atoms with E-state index in [1.807, 2.05) is 0 Å². The number of benzene rings is 2. The van der Waals surface area contributed by atoms with Gasteiger partial charge in [0.2, 0.25) is 0 Å². The van der Waals surface area contributed by atoms with Gasteiger partial charge in [0.1, 0.15) is 16.4 Å². The summed E-state index contributed by atoms with van der Waals surface area (Å²) in [6, 6.07) is 10.1. The molecule has 0 saturated heterocycles. The third-order valence-electron chi connectivity index (χ3n) is 3.80. The molecular formula is C19H14F3NO4S. The molecule has 0 spiro atoms. The van der Waals surface area contributed by atoms with Gasteiger partial charge < -0.3 is 14.8 Å². The highest BCUT2D eigenvalue weighted by atomic mass is 32.1. The molecule has 9 heteroatoms. The predicted molar refractivity (Wildman–Crippen MR) is 98.5 cm³/mol. The molecule has 0 fully saturated rings. The van der Waals surface area contributed by atoms with Crippen LogP contribution in [0.5, 0.6) is 5.75 Å². The summed E-state index contributed by atoms with van der Waals surface area (Å²) in [5.74, 6) is -2.17. The summed E-state index contributed by atoms with van der Waals surface area (Å²) in [7, 11) is 0. The van der Waals surface area contributed by atoms with Crippen LogP contribution in [-0.2, 0) is 9.53 Å². The zero-order valence-corrected chi connectivity index (χ0v) is 15.3. The second-order valence-electron chi connectivity index (χ2n) is 5.67. The fourth-order valence-corrected chi connectivity index (χ4v) is 3.72. The fourth-order valence-electron chi connectivity index (χ4n) is 2.60. The maximum atomic E-state index is 13.9. The van der Waals surface area contributed by atoms with Crippen LogP contribution in [0, 0.1) is 12.7 Å². The van der Waals surface area contributed by atoms with Crippen LogP contribution in [-0.4, -0.2) is 25.1 Å². The second kappa shape index (κ2) is 8.30. The van der Waals surface area contributed by atoms with E-state index >= 15 is 0 Å². The Kier molecular flexibility index (Phi) is 5.84. The molecule has 0 unspecified atom stereocenters. The molecule has 0 aliphatic carbocycles. The van der Waals surface area contributed by atoms with Crippen LogP contribution in [0.3, 0.4) is 0 Å². The molecule has 1 amide bonds. The minimum atomic E-state index is -3.05. The van der Waals surface area contributed by atoms with Crippen molar-refractivity contribution in [1.82, 2.24) is 0 Å². The number of halogens is 3. The standard InChI is InChI=1S/C19H14F3NO4S/c1-10-16-11(20)5-4-8-14(16)28-17(10)18(25)26-9-15(24)23-12-6-2-3-7-13(12)27-19(21)22/h2-8,19H,9H2,1H3,(H,23,24). The Morgan fingerprint density at radius 1 is 1.14 bits per heavy atom. The number of thiophene rings is 1. The summed E-state index contributed by atoms with van der Waals surface area (Å²) in [4.78, 5) is 24.5.